The van der Waals surface area contributed by atoms with Crippen molar-refractivity contribution in [1.82, 2.24) is 4.90 Å². The highest BCUT2D eigenvalue weighted by molar-refractivity contribution is 9.10. The predicted molar refractivity (Wildman–Crippen MR) is 95.0 cm³/mol. The molecule has 0 N–H and O–H groups in total. The molecule has 1 atom stereocenters. The Hall–Kier alpha value is -0.290. The topological polar surface area (TPSA) is 21.7 Å². The number of hydrogen-bond acceptors (Lipinski definition) is 3. The van der Waals surface area contributed by atoms with Crippen LogP contribution in [0.2, 0.25) is 5.02 Å². The highest BCUT2D eigenvalue weighted by atomic mass is 79.9. The lowest BCUT2D eigenvalue weighted by Gasteiger charge is -2.30. The summed E-state index contributed by atoms with van der Waals surface area (Å²) >= 11 is 9.67. The summed E-state index contributed by atoms with van der Waals surface area (Å²) in [7, 11) is 0. The van der Waals surface area contributed by atoms with Gasteiger partial charge in [-0.25, -0.2) is 0 Å². The maximum Gasteiger partial charge on any atom is 0.152 e. The number of ether oxygens (including phenoxy) is 2. The van der Waals surface area contributed by atoms with E-state index in [1.165, 1.54) is 25.9 Å². The Labute approximate surface area is 147 Å². The largest absolute Gasteiger partial charge is 0.488 e. The van der Waals surface area contributed by atoms with Gasteiger partial charge in [0, 0.05) is 13.1 Å². The molecular weight excluding hydrogens is 366 g/mol. The molecule has 124 valence electrons. The maximum absolute atomic E-state index is 6.19. The summed E-state index contributed by atoms with van der Waals surface area (Å²) in [5.41, 5.74) is 1.11. The Kier molecular flexibility index (Phi) is 7.48. The van der Waals surface area contributed by atoms with E-state index in [1.54, 1.807) is 0 Å². The van der Waals surface area contributed by atoms with Crippen molar-refractivity contribution < 1.29 is 9.47 Å². The van der Waals surface area contributed by atoms with Gasteiger partial charge in [0.05, 0.1) is 22.7 Å². The van der Waals surface area contributed by atoms with Crippen molar-refractivity contribution in [2.75, 3.05) is 39.5 Å². The van der Waals surface area contributed by atoms with Crippen molar-refractivity contribution in [3.63, 3.8) is 0 Å². The first-order chi connectivity index (χ1) is 10.6. The van der Waals surface area contributed by atoms with E-state index in [2.05, 4.69) is 27.8 Å². The Bertz CT molecular complexity index is 461. The lowest BCUT2D eigenvalue weighted by molar-refractivity contribution is 0.0687. The van der Waals surface area contributed by atoms with Crippen LogP contribution < -0.4 is 4.74 Å². The molecule has 0 aromatic heterocycles. The second-order valence-electron chi connectivity index (χ2n) is 6.07. The van der Waals surface area contributed by atoms with Crippen LogP contribution in [0.4, 0.5) is 0 Å². The van der Waals surface area contributed by atoms with Crippen LogP contribution in [-0.4, -0.2) is 44.4 Å². The molecular formula is C17H25BrClNO2. The van der Waals surface area contributed by atoms with Gasteiger partial charge in [-0.3, -0.25) is 0 Å². The van der Waals surface area contributed by atoms with Crippen LogP contribution >= 0.6 is 27.5 Å². The van der Waals surface area contributed by atoms with E-state index in [1.807, 2.05) is 19.1 Å². The number of likely N-dealkylation sites (tertiary alicyclic amines) is 1. The normalized spacial score (nSPS) is 19.4. The molecule has 0 saturated carbocycles. The first kappa shape index (κ1) is 18.1. The zero-order valence-electron chi connectivity index (χ0n) is 13.4. The molecule has 0 amide bonds. The van der Waals surface area contributed by atoms with Crippen LogP contribution in [0.1, 0.15) is 25.3 Å². The van der Waals surface area contributed by atoms with Gasteiger partial charge in [0.1, 0.15) is 6.61 Å². The SMILES string of the molecule is Cc1cc(Cl)c(OCCOCCN2CCC[C@H](C)C2)c(Br)c1. The van der Waals surface area contributed by atoms with Crippen molar-refractivity contribution in [2.24, 2.45) is 5.92 Å². The molecule has 1 saturated heterocycles. The van der Waals surface area contributed by atoms with E-state index in [-0.39, 0.29) is 0 Å². The summed E-state index contributed by atoms with van der Waals surface area (Å²) < 4.78 is 12.3. The fourth-order valence-corrected chi connectivity index (χ4v) is 3.94. The van der Waals surface area contributed by atoms with E-state index in [4.69, 9.17) is 21.1 Å². The van der Waals surface area contributed by atoms with E-state index >= 15 is 0 Å². The van der Waals surface area contributed by atoms with Crippen LogP contribution in [0, 0.1) is 12.8 Å². The van der Waals surface area contributed by atoms with E-state index in [0.717, 1.165) is 29.1 Å². The fraction of sp³-hybridized carbons (Fsp3) is 0.647. The number of benzene rings is 1. The predicted octanol–water partition coefficient (Wildman–Crippen LogP) is 4.54. The molecule has 1 fully saturated rings. The average molecular weight is 391 g/mol. The smallest absolute Gasteiger partial charge is 0.152 e. The lowest BCUT2D eigenvalue weighted by Crippen LogP contribution is -2.36. The number of nitrogens with zero attached hydrogens (tertiary/aromatic N) is 1. The zero-order valence-corrected chi connectivity index (χ0v) is 15.8. The molecule has 1 aromatic rings. The third kappa shape index (κ3) is 5.73. The highest BCUT2D eigenvalue weighted by Gasteiger charge is 2.15. The molecule has 1 heterocycles. The van der Waals surface area contributed by atoms with Crippen molar-refractivity contribution in [1.29, 1.82) is 0 Å². The molecule has 1 aliphatic heterocycles. The molecule has 22 heavy (non-hydrogen) atoms. The molecule has 1 aromatic carbocycles. The van der Waals surface area contributed by atoms with Crippen LogP contribution in [0.5, 0.6) is 5.75 Å². The van der Waals surface area contributed by atoms with E-state index in [0.29, 0.717) is 24.0 Å². The van der Waals surface area contributed by atoms with Gasteiger partial charge in [-0.2, -0.15) is 0 Å². The van der Waals surface area contributed by atoms with E-state index in [9.17, 15) is 0 Å². The number of rotatable bonds is 7. The standard InChI is InChI=1S/C17H25BrClNO2/c1-13-4-3-5-20(12-13)6-7-21-8-9-22-17-15(18)10-14(2)11-16(17)19/h10-11,13H,3-9,12H2,1-2H3/t13-/m0/s1. The number of halogens is 2. The van der Waals surface area contributed by atoms with Gasteiger partial charge >= 0.3 is 0 Å². The number of piperidine rings is 1. The Morgan fingerprint density at radius 1 is 1.32 bits per heavy atom. The average Bonchev–Trinajstić information content (AvgIpc) is 2.44. The summed E-state index contributed by atoms with van der Waals surface area (Å²) in [4.78, 5) is 2.49. The van der Waals surface area contributed by atoms with Crippen molar-refractivity contribution in [3.8, 4) is 5.75 Å². The second kappa shape index (κ2) is 9.11. The van der Waals surface area contributed by atoms with Gasteiger partial charge in [0.25, 0.3) is 0 Å². The first-order valence-electron chi connectivity index (χ1n) is 7.95. The summed E-state index contributed by atoms with van der Waals surface area (Å²) in [5.74, 6) is 1.51. The van der Waals surface area contributed by atoms with Crippen molar-refractivity contribution in [2.45, 2.75) is 26.7 Å². The molecule has 1 aliphatic rings. The van der Waals surface area contributed by atoms with Crippen LogP contribution in [0.15, 0.2) is 16.6 Å². The van der Waals surface area contributed by atoms with Crippen molar-refractivity contribution >= 4 is 27.5 Å². The molecule has 0 unspecified atom stereocenters. The van der Waals surface area contributed by atoms with Gasteiger partial charge in [-0.1, -0.05) is 18.5 Å². The molecule has 0 aliphatic carbocycles. The van der Waals surface area contributed by atoms with Gasteiger partial charge in [0.15, 0.2) is 5.75 Å². The first-order valence-corrected chi connectivity index (χ1v) is 9.12. The van der Waals surface area contributed by atoms with E-state index < -0.39 is 0 Å². The number of aryl methyl sites for hydroxylation is 1. The number of hydrogen-bond donors (Lipinski definition) is 0. The monoisotopic (exact) mass is 389 g/mol. The molecule has 2 rings (SSSR count). The lowest BCUT2D eigenvalue weighted by atomic mass is 10.0. The zero-order chi connectivity index (χ0) is 15.9. The Morgan fingerprint density at radius 2 is 2.14 bits per heavy atom. The minimum absolute atomic E-state index is 0.512. The highest BCUT2D eigenvalue weighted by Crippen LogP contribution is 2.34. The molecule has 0 bridgehead atoms. The van der Waals surface area contributed by atoms with Crippen LogP contribution in [0.3, 0.4) is 0 Å². The third-order valence-corrected chi connectivity index (χ3v) is 4.78. The minimum Gasteiger partial charge on any atom is -0.488 e. The van der Waals surface area contributed by atoms with Gasteiger partial charge in [-0.15, -0.1) is 0 Å². The molecule has 0 spiro atoms. The van der Waals surface area contributed by atoms with Gasteiger partial charge < -0.3 is 14.4 Å². The summed E-state index contributed by atoms with van der Waals surface area (Å²) in [6.07, 6.45) is 2.67. The second-order valence-corrected chi connectivity index (χ2v) is 7.33. The quantitative estimate of drug-likeness (QED) is 0.638. The molecule has 3 nitrogen and oxygen atoms in total. The van der Waals surface area contributed by atoms with Crippen LogP contribution in [0.25, 0.3) is 0 Å². The third-order valence-electron chi connectivity index (χ3n) is 3.91. The minimum atomic E-state index is 0.512. The molecule has 0 radical (unpaired) electrons. The summed E-state index contributed by atoms with van der Waals surface area (Å²) in [6.45, 7) is 9.60. The summed E-state index contributed by atoms with van der Waals surface area (Å²) in [5, 5.41) is 0.633. The van der Waals surface area contributed by atoms with Crippen molar-refractivity contribution in [3.05, 3.63) is 27.2 Å². The Morgan fingerprint density at radius 3 is 2.86 bits per heavy atom. The van der Waals surface area contributed by atoms with Gasteiger partial charge in [-0.05, 0) is 65.9 Å². The molecule has 5 heteroatoms. The van der Waals surface area contributed by atoms with Gasteiger partial charge in [0.2, 0.25) is 0 Å². The van der Waals surface area contributed by atoms with Crippen LogP contribution in [-0.2, 0) is 4.74 Å². The summed E-state index contributed by atoms with van der Waals surface area (Å²) in [6, 6.07) is 3.90. The maximum atomic E-state index is 6.19. The fourth-order valence-electron chi connectivity index (χ4n) is 2.81. The Balaban J connectivity index is 1.61.